The minimum Gasteiger partial charge on any atom is -0.311 e. The van der Waals surface area contributed by atoms with Gasteiger partial charge < -0.3 is 4.67 Å². The first-order valence-electron chi connectivity index (χ1n) is 3.18. The summed E-state index contributed by atoms with van der Waals surface area (Å²) in [6.07, 6.45) is 0. The van der Waals surface area contributed by atoms with E-state index < -0.39 is 0 Å². The molecule has 4 atom stereocenters. The molecule has 2 nitrogen and oxygen atoms in total. The van der Waals surface area contributed by atoms with Gasteiger partial charge in [-0.25, -0.2) is 0 Å². The van der Waals surface area contributed by atoms with Gasteiger partial charge in [0, 0.05) is 13.5 Å². The van der Waals surface area contributed by atoms with Crippen LogP contribution in [0.4, 0.5) is 0 Å². The van der Waals surface area contributed by atoms with Gasteiger partial charge in [0.15, 0.2) is 0 Å². The molecule has 0 saturated carbocycles. The summed E-state index contributed by atoms with van der Waals surface area (Å²) in [5, 5.41) is 0. The number of β-lactam (4-membered cyclic amide) rings is 1. The van der Waals surface area contributed by atoms with Gasteiger partial charge in [0.05, 0.1) is 5.92 Å². The summed E-state index contributed by atoms with van der Waals surface area (Å²) in [7, 11) is 4.97. The number of rotatable bonds is 1. The van der Waals surface area contributed by atoms with E-state index in [9.17, 15) is 4.79 Å². The summed E-state index contributed by atoms with van der Waals surface area (Å²) in [5.41, 5.74) is 0. The lowest BCUT2D eigenvalue weighted by Crippen LogP contribution is -2.53. The third-order valence-electron chi connectivity index (χ3n) is 1.97. The summed E-state index contributed by atoms with van der Waals surface area (Å²) in [4.78, 5) is 11.1. The first kappa shape index (κ1) is 8.85. The van der Waals surface area contributed by atoms with Gasteiger partial charge in [0.2, 0.25) is 5.91 Å². The second-order valence-corrected chi connectivity index (χ2v) is 8.75. The SMILES string of the molecule is CC1C(=O)N(P(P)P)C1C. The molecular formula is C5H12NOP3. The Bertz CT molecular complexity index is 161. The fourth-order valence-corrected chi connectivity index (χ4v) is 4.04. The van der Waals surface area contributed by atoms with Gasteiger partial charge in [-0.2, -0.15) is 0 Å². The topological polar surface area (TPSA) is 20.3 Å². The van der Waals surface area contributed by atoms with Gasteiger partial charge in [-0.3, -0.25) is 4.79 Å². The van der Waals surface area contributed by atoms with E-state index in [0.717, 1.165) is 0 Å². The molecule has 0 spiro atoms. The van der Waals surface area contributed by atoms with Crippen LogP contribution in [0.5, 0.6) is 0 Å². The maximum absolute atomic E-state index is 11.1. The molecule has 1 heterocycles. The van der Waals surface area contributed by atoms with E-state index in [-0.39, 0.29) is 13.4 Å². The molecule has 0 radical (unpaired) electrons. The molecule has 1 aliphatic rings. The molecule has 0 bridgehead atoms. The Kier molecular flexibility index (Phi) is 2.67. The van der Waals surface area contributed by atoms with Crippen LogP contribution >= 0.6 is 25.3 Å². The molecule has 10 heavy (non-hydrogen) atoms. The van der Waals surface area contributed by atoms with E-state index in [1.165, 1.54) is 0 Å². The van der Waals surface area contributed by atoms with Crippen molar-refractivity contribution in [1.29, 1.82) is 0 Å². The highest BCUT2D eigenvalue weighted by Gasteiger charge is 2.42. The van der Waals surface area contributed by atoms with Crippen LogP contribution in [0, 0.1) is 5.92 Å². The smallest absolute Gasteiger partial charge is 0.231 e. The molecule has 0 aromatic heterocycles. The van der Waals surface area contributed by atoms with Crippen molar-refractivity contribution in [2.75, 3.05) is 0 Å². The van der Waals surface area contributed by atoms with Gasteiger partial charge in [0.1, 0.15) is 0 Å². The van der Waals surface area contributed by atoms with Crippen molar-refractivity contribution in [3.63, 3.8) is 0 Å². The van der Waals surface area contributed by atoms with Crippen LogP contribution in [0.15, 0.2) is 0 Å². The predicted octanol–water partition coefficient (Wildman–Crippen LogP) is 1.83. The Labute approximate surface area is 67.1 Å². The van der Waals surface area contributed by atoms with Gasteiger partial charge >= 0.3 is 0 Å². The van der Waals surface area contributed by atoms with Crippen molar-refractivity contribution in [2.45, 2.75) is 19.9 Å². The molecule has 0 N–H and O–H groups in total. The maximum Gasteiger partial charge on any atom is 0.231 e. The van der Waals surface area contributed by atoms with E-state index in [1.54, 1.807) is 0 Å². The number of carbonyl (C=O) groups is 1. The molecule has 5 heteroatoms. The maximum atomic E-state index is 11.1. The summed E-state index contributed by atoms with van der Waals surface area (Å²) in [6.45, 7) is 4.08. The second kappa shape index (κ2) is 3.02. The molecule has 1 fully saturated rings. The van der Waals surface area contributed by atoms with Crippen LogP contribution in [-0.4, -0.2) is 16.6 Å². The fraction of sp³-hybridized carbons (Fsp3) is 0.800. The number of hydrogen-bond acceptors (Lipinski definition) is 1. The molecule has 4 unspecified atom stereocenters. The summed E-state index contributed by atoms with van der Waals surface area (Å²) < 4.78 is 1.93. The lowest BCUT2D eigenvalue weighted by atomic mass is 9.95. The van der Waals surface area contributed by atoms with Crippen LogP contribution in [0.1, 0.15) is 13.8 Å². The Morgan fingerprint density at radius 1 is 1.50 bits per heavy atom. The zero-order valence-corrected chi connectivity index (χ0v) is 9.32. The number of carbonyl (C=O) groups excluding carboxylic acids is 1. The van der Waals surface area contributed by atoms with Gasteiger partial charge in [-0.15, -0.1) is 0 Å². The standard InChI is InChI=1S/C5H12NOP3/c1-3-4(2)6(5(3)7)10(8)9/h3-4H,8-9H2,1-2H3. The zero-order valence-electron chi connectivity index (χ0n) is 6.11. The van der Waals surface area contributed by atoms with Crippen LogP contribution in [0.25, 0.3) is 0 Å². The molecule has 1 saturated heterocycles. The van der Waals surface area contributed by atoms with Crippen molar-refractivity contribution in [2.24, 2.45) is 5.92 Å². The number of hydrogen-bond donors (Lipinski definition) is 0. The van der Waals surface area contributed by atoms with Crippen LogP contribution in [0.2, 0.25) is 0 Å². The monoisotopic (exact) mass is 195 g/mol. The largest absolute Gasteiger partial charge is 0.311 e. The molecule has 0 aliphatic carbocycles. The third-order valence-corrected chi connectivity index (χ3v) is 4.53. The summed E-state index contributed by atoms with van der Waals surface area (Å²) in [5.74, 6) is 0.537. The van der Waals surface area contributed by atoms with Crippen molar-refractivity contribution < 1.29 is 4.79 Å². The third kappa shape index (κ3) is 1.22. The normalized spacial score (nSPS) is 32.9. The molecule has 1 aliphatic heterocycles. The van der Waals surface area contributed by atoms with E-state index in [2.05, 4.69) is 24.8 Å². The number of nitrogens with zero attached hydrogens (tertiary/aromatic N) is 1. The van der Waals surface area contributed by atoms with Crippen LogP contribution in [0.3, 0.4) is 0 Å². The first-order chi connectivity index (χ1) is 4.55. The predicted molar refractivity (Wildman–Crippen MR) is 51.8 cm³/mol. The Balaban J connectivity index is 2.58. The van der Waals surface area contributed by atoms with Crippen molar-refractivity contribution in [3.05, 3.63) is 0 Å². The van der Waals surface area contributed by atoms with Crippen LogP contribution in [-0.2, 0) is 4.79 Å². The summed E-state index contributed by atoms with van der Waals surface area (Å²) in [6, 6.07) is 0.439. The van der Waals surface area contributed by atoms with Gasteiger partial charge in [0.25, 0.3) is 0 Å². The van der Waals surface area contributed by atoms with Crippen molar-refractivity contribution in [3.8, 4) is 0 Å². The number of amides is 1. The highest BCUT2D eigenvalue weighted by Crippen LogP contribution is 2.61. The highest BCUT2D eigenvalue weighted by atomic mass is 32.4. The van der Waals surface area contributed by atoms with Crippen LogP contribution < -0.4 is 0 Å². The molecule has 0 aromatic rings. The molecule has 0 aromatic carbocycles. The zero-order chi connectivity index (χ0) is 7.89. The van der Waals surface area contributed by atoms with E-state index in [0.29, 0.717) is 11.9 Å². The first-order valence-corrected chi connectivity index (χ1v) is 7.71. The van der Waals surface area contributed by atoms with E-state index in [1.807, 2.05) is 11.6 Å². The lowest BCUT2D eigenvalue weighted by Gasteiger charge is -2.45. The van der Waals surface area contributed by atoms with Crippen molar-refractivity contribution >= 4 is 31.2 Å². The minimum atomic E-state index is -0.363. The quantitative estimate of drug-likeness (QED) is 0.461. The average molecular weight is 195 g/mol. The lowest BCUT2D eigenvalue weighted by molar-refractivity contribution is -0.143. The van der Waals surface area contributed by atoms with E-state index >= 15 is 0 Å². The average Bonchev–Trinajstić information content (AvgIpc) is 1.87. The van der Waals surface area contributed by atoms with E-state index in [4.69, 9.17) is 0 Å². The minimum absolute atomic E-state index is 0.242. The Morgan fingerprint density at radius 3 is 2.20 bits per heavy atom. The molecular weight excluding hydrogens is 183 g/mol. The molecule has 1 amide bonds. The fourth-order valence-electron chi connectivity index (χ4n) is 1.07. The molecule has 58 valence electrons. The van der Waals surface area contributed by atoms with Gasteiger partial charge in [-0.05, 0) is 6.92 Å². The Hall–Kier alpha value is 0.760. The van der Waals surface area contributed by atoms with Gasteiger partial charge in [-0.1, -0.05) is 24.8 Å². The summed E-state index contributed by atoms with van der Waals surface area (Å²) >= 11 is 0. The Morgan fingerprint density at radius 2 is 2.00 bits per heavy atom. The highest BCUT2D eigenvalue weighted by molar-refractivity contribution is 8.42. The molecule has 1 rings (SSSR count). The second-order valence-electron chi connectivity index (χ2n) is 2.59. The van der Waals surface area contributed by atoms with Crippen molar-refractivity contribution in [1.82, 2.24) is 4.67 Å².